The van der Waals surface area contributed by atoms with Gasteiger partial charge in [0.25, 0.3) is 0 Å². The number of piperidine rings is 1. The summed E-state index contributed by atoms with van der Waals surface area (Å²) in [5.41, 5.74) is 0.983. The molecule has 0 bridgehead atoms. The van der Waals surface area contributed by atoms with Crippen LogP contribution in [0.3, 0.4) is 0 Å². The molecule has 7 heteroatoms. The first-order valence-corrected chi connectivity index (χ1v) is 8.33. The van der Waals surface area contributed by atoms with Crippen molar-refractivity contribution in [2.24, 2.45) is 0 Å². The summed E-state index contributed by atoms with van der Waals surface area (Å²) in [6.07, 6.45) is 3.96. The van der Waals surface area contributed by atoms with Gasteiger partial charge in [-0.1, -0.05) is 0 Å². The van der Waals surface area contributed by atoms with Gasteiger partial charge in [0, 0.05) is 58.2 Å². The molecule has 1 fully saturated rings. The summed E-state index contributed by atoms with van der Waals surface area (Å²) in [5.74, 6) is 2.66. The number of rotatable bonds is 4. The van der Waals surface area contributed by atoms with Gasteiger partial charge in [-0.2, -0.15) is 10.1 Å². The smallest absolute Gasteiger partial charge is 0.227 e. The molecule has 3 heterocycles. The molecule has 1 saturated heterocycles. The van der Waals surface area contributed by atoms with E-state index in [4.69, 9.17) is 4.98 Å². The zero-order chi connectivity index (χ0) is 17.1. The number of likely N-dealkylation sites (N-methyl/N-ethyl adjacent to an activating group) is 1. The number of nitrogens with zero attached hydrogens (tertiary/aromatic N) is 7. The lowest BCUT2D eigenvalue weighted by atomic mass is 10.0. The Morgan fingerprint density at radius 3 is 2.75 bits per heavy atom. The zero-order valence-corrected chi connectivity index (χ0v) is 14.8. The third kappa shape index (κ3) is 3.55. The Hall–Kier alpha value is -2.44. The van der Waals surface area contributed by atoms with Gasteiger partial charge < -0.3 is 14.7 Å². The normalized spacial score (nSPS) is 17.7. The van der Waals surface area contributed by atoms with Crippen molar-refractivity contribution in [3.8, 4) is 0 Å². The maximum Gasteiger partial charge on any atom is 0.227 e. The molecule has 2 aromatic heterocycles. The van der Waals surface area contributed by atoms with Crippen molar-refractivity contribution in [2.45, 2.75) is 25.8 Å². The molecular formula is C17H25N7. The number of aryl methyl sites for hydroxylation is 1. The van der Waals surface area contributed by atoms with Crippen molar-refractivity contribution in [3.63, 3.8) is 0 Å². The second kappa shape index (κ2) is 6.98. The molecule has 1 aliphatic heterocycles. The first-order chi connectivity index (χ1) is 11.5. The van der Waals surface area contributed by atoms with Gasteiger partial charge >= 0.3 is 0 Å². The molecule has 0 unspecified atom stereocenters. The van der Waals surface area contributed by atoms with Gasteiger partial charge in [0.15, 0.2) is 5.82 Å². The average molecular weight is 327 g/mol. The van der Waals surface area contributed by atoms with Gasteiger partial charge in [-0.05, 0) is 31.9 Å². The highest BCUT2D eigenvalue weighted by Crippen LogP contribution is 2.23. The second-order valence-electron chi connectivity index (χ2n) is 6.50. The molecule has 0 aliphatic carbocycles. The average Bonchev–Trinajstić information content (AvgIpc) is 2.61. The molecular weight excluding hydrogens is 302 g/mol. The Labute approximate surface area is 143 Å². The minimum absolute atomic E-state index is 0.359. The van der Waals surface area contributed by atoms with E-state index in [-0.39, 0.29) is 0 Å². The van der Waals surface area contributed by atoms with Crippen molar-refractivity contribution in [3.05, 3.63) is 30.1 Å². The van der Waals surface area contributed by atoms with Crippen molar-refractivity contribution >= 4 is 17.6 Å². The van der Waals surface area contributed by atoms with Crippen molar-refractivity contribution < 1.29 is 0 Å². The molecule has 0 aromatic carbocycles. The summed E-state index contributed by atoms with van der Waals surface area (Å²) < 4.78 is 0. The monoisotopic (exact) mass is 327 g/mol. The first-order valence-electron chi connectivity index (χ1n) is 8.33. The van der Waals surface area contributed by atoms with Gasteiger partial charge in [-0.25, -0.2) is 4.98 Å². The van der Waals surface area contributed by atoms with Gasteiger partial charge in [0.1, 0.15) is 5.82 Å². The minimum Gasteiger partial charge on any atom is -0.363 e. The predicted octanol–water partition coefficient (Wildman–Crippen LogP) is 1.75. The van der Waals surface area contributed by atoms with Crippen LogP contribution in [0, 0.1) is 6.92 Å². The topological polar surface area (TPSA) is 61.3 Å². The Balaban J connectivity index is 1.78. The molecule has 0 spiro atoms. The fourth-order valence-corrected chi connectivity index (χ4v) is 3.03. The van der Waals surface area contributed by atoms with Gasteiger partial charge in [0.05, 0.1) is 0 Å². The van der Waals surface area contributed by atoms with Gasteiger partial charge in [-0.3, -0.25) is 0 Å². The molecule has 1 aliphatic rings. The standard InChI is InChI=1S/C17H25N7/c1-13-11-16(22(2)3)20-17(19-13)23(4)14-7-6-10-24(12-14)15-8-5-9-18-21-15/h5,8-9,11,14H,6-7,10,12H2,1-4H3/t14-/m1/s1. The molecule has 0 amide bonds. The lowest BCUT2D eigenvalue weighted by Gasteiger charge is -2.38. The summed E-state index contributed by atoms with van der Waals surface area (Å²) >= 11 is 0. The third-order valence-electron chi connectivity index (χ3n) is 4.43. The SMILES string of the molecule is Cc1cc(N(C)C)nc(N(C)[C@@H]2CCCN(c3cccnn3)C2)n1. The highest BCUT2D eigenvalue weighted by atomic mass is 15.3. The molecule has 0 radical (unpaired) electrons. The Kier molecular flexibility index (Phi) is 4.78. The van der Waals surface area contributed by atoms with Crippen LogP contribution in [0.15, 0.2) is 24.4 Å². The third-order valence-corrected chi connectivity index (χ3v) is 4.43. The first kappa shape index (κ1) is 16.4. The Bertz CT molecular complexity index is 674. The quantitative estimate of drug-likeness (QED) is 0.847. The molecule has 2 aromatic rings. The molecule has 3 rings (SSSR count). The number of hydrogen-bond donors (Lipinski definition) is 0. The summed E-state index contributed by atoms with van der Waals surface area (Å²) in [6, 6.07) is 6.31. The maximum atomic E-state index is 4.70. The van der Waals surface area contributed by atoms with Crippen LogP contribution in [0.4, 0.5) is 17.6 Å². The van der Waals surface area contributed by atoms with Crippen LogP contribution in [0.5, 0.6) is 0 Å². The Morgan fingerprint density at radius 2 is 2.04 bits per heavy atom. The van der Waals surface area contributed by atoms with Crippen LogP contribution in [-0.4, -0.2) is 60.4 Å². The molecule has 0 N–H and O–H groups in total. The Morgan fingerprint density at radius 1 is 1.21 bits per heavy atom. The van der Waals surface area contributed by atoms with E-state index in [1.165, 1.54) is 0 Å². The number of aromatic nitrogens is 4. The van der Waals surface area contributed by atoms with E-state index in [0.717, 1.165) is 49.2 Å². The molecule has 24 heavy (non-hydrogen) atoms. The van der Waals surface area contributed by atoms with E-state index in [2.05, 4.69) is 32.0 Å². The van der Waals surface area contributed by atoms with Gasteiger partial charge in [0.2, 0.25) is 5.95 Å². The fourth-order valence-electron chi connectivity index (χ4n) is 3.03. The lowest BCUT2D eigenvalue weighted by molar-refractivity contribution is 0.479. The summed E-state index contributed by atoms with van der Waals surface area (Å²) in [6.45, 7) is 3.93. The largest absolute Gasteiger partial charge is 0.363 e. The summed E-state index contributed by atoms with van der Waals surface area (Å²) in [5, 5.41) is 8.23. The van der Waals surface area contributed by atoms with Crippen LogP contribution in [-0.2, 0) is 0 Å². The van der Waals surface area contributed by atoms with Crippen LogP contribution < -0.4 is 14.7 Å². The number of hydrogen-bond acceptors (Lipinski definition) is 7. The lowest BCUT2D eigenvalue weighted by Crippen LogP contribution is -2.47. The minimum atomic E-state index is 0.359. The maximum absolute atomic E-state index is 4.70. The molecule has 7 nitrogen and oxygen atoms in total. The summed E-state index contributed by atoms with van der Waals surface area (Å²) in [4.78, 5) is 15.8. The fraction of sp³-hybridized carbons (Fsp3) is 0.529. The van der Waals surface area contributed by atoms with Crippen LogP contribution in [0.1, 0.15) is 18.5 Å². The highest BCUT2D eigenvalue weighted by molar-refractivity contribution is 5.46. The summed E-state index contributed by atoms with van der Waals surface area (Å²) in [7, 11) is 6.09. The van der Waals surface area contributed by atoms with Crippen LogP contribution >= 0.6 is 0 Å². The van der Waals surface area contributed by atoms with Gasteiger partial charge in [-0.15, -0.1) is 5.10 Å². The van der Waals surface area contributed by atoms with E-state index >= 15 is 0 Å². The van der Waals surface area contributed by atoms with E-state index in [0.29, 0.717) is 6.04 Å². The van der Waals surface area contributed by atoms with Crippen molar-refractivity contribution in [1.29, 1.82) is 0 Å². The zero-order valence-electron chi connectivity index (χ0n) is 14.8. The van der Waals surface area contributed by atoms with Crippen LogP contribution in [0.25, 0.3) is 0 Å². The van der Waals surface area contributed by atoms with Crippen molar-refractivity contribution in [2.75, 3.05) is 48.9 Å². The molecule has 128 valence electrons. The number of anilines is 3. The van der Waals surface area contributed by atoms with E-state index in [1.807, 2.05) is 44.1 Å². The van der Waals surface area contributed by atoms with E-state index < -0.39 is 0 Å². The van der Waals surface area contributed by atoms with Crippen molar-refractivity contribution in [1.82, 2.24) is 20.2 Å². The molecule has 1 atom stereocenters. The molecule has 0 saturated carbocycles. The predicted molar refractivity (Wildman–Crippen MR) is 96.8 cm³/mol. The van der Waals surface area contributed by atoms with Crippen LogP contribution in [0.2, 0.25) is 0 Å². The second-order valence-corrected chi connectivity index (χ2v) is 6.50. The highest BCUT2D eigenvalue weighted by Gasteiger charge is 2.26. The van der Waals surface area contributed by atoms with E-state index in [9.17, 15) is 0 Å². The van der Waals surface area contributed by atoms with E-state index in [1.54, 1.807) is 6.20 Å².